The number of fused-ring (bicyclic) bond motifs is 1. The molecule has 0 atom stereocenters. The summed E-state index contributed by atoms with van der Waals surface area (Å²) in [4.78, 5) is 19.3. The van der Waals surface area contributed by atoms with Crippen LogP contribution in [0.3, 0.4) is 0 Å². The highest BCUT2D eigenvalue weighted by Gasteiger charge is 2.28. The fourth-order valence-electron chi connectivity index (χ4n) is 4.50. The van der Waals surface area contributed by atoms with E-state index in [1.165, 1.54) is 0 Å². The number of hydrogen-bond acceptors (Lipinski definition) is 3. The van der Waals surface area contributed by atoms with E-state index in [4.69, 9.17) is 23.3 Å². The Morgan fingerprint density at radius 2 is 1.86 bits per heavy atom. The van der Waals surface area contributed by atoms with Crippen LogP contribution in [-0.2, 0) is 4.79 Å². The molecule has 0 amide bonds. The van der Waals surface area contributed by atoms with Crippen molar-refractivity contribution >= 4 is 62.0 Å². The van der Waals surface area contributed by atoms with E-state index < -0.39 is 5.97 Å². The Hall–Kier alpha value is -3.72. The number of carboxylic acid groups (broad SMARTS) is 1. The van der Waals surface area contributed by atoms with Crippen molar-refractivity contribution < 1.29 is 9.90 Å². The van der Waals surface area contributed by atoms with E-state index in [-0.39, 0.29) is 0 Å². The van der Waals surface area contributed by atoms with Gasteiger partial charge in [-0.1, -0.05) is 54.4 Å². The molecule has 0 aliphatic heterocycles. The number of benzene rings is 3. The number of rotatable bonds is 6. The Bertz CT molecular complexity index is 1520. The number of allylic oxidation sites excluding steroid dienone is 1. The van der Waals surface area contributed by atoms with Crippen LogP contribution in [0.5, 0.6) is 0 Å². The maximum atomic E-state index is 10.9. The molecule has 1 fully saturated rings. The molecule has 3 aromatic carbocycles. The van der Waals surface area contributed by atoms with Gasteiger partial charge in [0.05, 0.1) is 22.3 Å². The van der Waals surface area contributed by atoms with Crippen molar-refractivity contribution in [1.82, 2.24) is 4.98 Å². The van der Waals surface area contributed by atoms with Crippen LogP contribution in [-0.4, -0.2) is 16.1 Å². The third-order valence-corrected chi connectivity index (χ3v) is 7.44. The normalized spacial score (nSPS) is 14.5. The number of hydrogen-bond donors (Lipinski definition) is 1. The van der Waals surface area contributed by atoms with Gasteiger partial charge in [-0.25, -0.2) is 14.6 Å². The van der Waals surface area contributed by atoms with E-state index in [1.54, 1.807) is 23.5 Å². The molecule has 0 unspecified atom stereocenters. The molecule has 6 heteroatoms. The summed E-state index contributed by atoms with van der Waals surface area (Å²) in [6.07, 6.45) is 6.01. The van der Waals surface area contributed by atoms with E-state index in [9.17, 15) is 4.79 Å². The van der Waals surface area contributed by atoms with Gasteiger partial charge in [0, 0.05) is 11.1 Å². The molecular weight excluding hydrogens is 476 g/mol. The third-order valence-electron chi connectivity index (χ3n) is 6.39. The maximum Gasteiger partial charge on any atom is 0.328 e. The maximum absolute atomic E-state index is 10.9. The Labute approximate surface area is 212 Å². The van der Waals surface area contributed by atoms with E-state index in [0.29, 0.717) is 16.6 Å². The van der Waals surface area contributed by atoms with Crippen LogP contribution in [0.4, 0.5) is 5.69 Å². The van der Waals surface area contributed by atoms with Crippen LogP contribution in [0, 0.1) is 12.5 Å². The summed E-state index contributed by atoms with van der Waals surface area (Å²) in [5.74, 6) is -0.641. The minimum absolute atomic E-state index is 0.337. The Kier molecular flexibility index (Phi) is 6.50. The summed E-state index contributed by atoms with van der Waals surface area (Å²) in [6, 6.07) is 19.8. The number of carboxylic acids is 1. The largest absolute Gasteiger partial charge is 0.478 e. The number of carbonyl (C=O) groups is 1. The van der Waals surface area contributed by atoms with Crippen LogP contribution in [0.1, 0.15) is 41.5 Å². The minimum Gasteiger partial charge on any atom is -0.478 e. The topological polar surface area (TPSA) is 54.5 Å². The highest BCUT2D eigenvalue weighted by atomic mass is 35.5. The van der Waals surface area contributed by atoms with E-state index in [1.807, 2.05) is 41.9 Å². The van der Waals surface area contributed by atoms with Gasteiger partial charge in [0.2, 0.25) is 0 Å². The molecule has 0 saturated heterocycles. The predicted octanol–water partition coefficient (Wildman–Crippen LogP) is 8.36. The first-order chi connectivity index (χ1) is 17.0. The molecule has 1 N–H and O–H groups in total. The fourth-order valence-corrected chi connectivity index (χ4v) is 5.33. The second kappa shape index (κ2) is 9.87. The van der Waals surface area contributed by atoms with Crippen molar-refractivity contribution in [2.75, 3.05) is 0 Å². The van der Waals surface area contributed by atoms with E-state index in [2.05, 4.69) is 28.0 Å². The first-order valence-electron chi connectivity index (χ1n) is 11.3. The standard InChI is InChI=1S/C29H21ClN2O2S/c1-31-24-16-22(30)11-12-23(24)29(19-3-2-4-19)28(21-10-13-26-25(15-21)32-17-35-26)20-8-5-18(6-9-20)7-14-27(33)34/h5-17,19H,2-4H2,(H,33,34)/b14-7+,29-28+. The monoisotopic (exact) mass is 496 g/mol. The Morgan fingerprint density at radius 3 is 2.54 bits per heavy atom. The van der Waals surface area contributed by atoms with Crippen LogP contribution in [0.25, 0.3) is 32.3 Å². The molecule has 1 aliphatic carbocycles. The number of halogens is 1. The Morgan fingerprint density at radius 1 is 1.09 bits per heavy atom. The molecular formula is C29H21ClN2O2S. The Balaban J connectivity index is 1.77. The highest BCUT2D eigenvalue weighted by molar-refractivity contribution is 7.16. The first-order valence-corrected chi connectivity index (χ1v) is 12.6. The smallest absolute Gasteiger partial charge is 0.328 e. The van der Waals surface area contributed by atoms with Crippen LogP contribution in [0.15, 0.2) is 72.3 Å². The molecule has 5 rings (SSSR count). The molecule has 1 aromatic heterocycles. The molecule has 0 spiro atoms. The summed E-state index contributed by atoms with van der Waals surface area (Å²) < 4.78 is 1.13. The van der Waals surface area contributed by atoms with Crippen molar-refractivity contribution in [3.8, 4) is 0 Å². The summed E-state index contributed by atoms with van der Waals surface area (Å²) in [5, 5.41) is 9.51. The molecule has 172 valence electrons. The molecule has 1 aliphatic rings. The van der Waals surface area contributed by atoms with Crippen molar-refractivity contribution in [2.24, 2.45) is 5.92 Å². The van der Waals surface area contributed by atoms with Crippen LogP contribution in [0.2, 0.25) is 5.02 Å². The van der Waals surface area contributed by atoms with Gasteiger partial charge in [-0.15, -0.1) is 11.3 Å². The van der Waals surface area contributed by atoms with Gasteiger partial charge in [-0.3, -0.25) is 0 Å². The van der Waals surface area contributed by atoms with Crippen molar-refractivity contribution in [2.45, 2.75) is 19.3 Å². The number of thiazole rings is 1. The summed E-state index contributed by atoms with van der Waals surface area (Å²) >= 11 is 7.86. The zero-order chi connectivity index (χ0) is 24.4. The summed E-state index contributed by atoms with van der Waals surface area (Å²) in [7, 11) is 0. The van der Waals surface area contributed by atoms with Gasteiger partial charge in [-0.2, -0.15) is 0 Å². The van der Waals surface area contributed by atoms with Gasteiger partial charge >= 0.3 is 5.97 Å². The number of nitrogens with zero attached hydrogens (tertiary/aromatic N) is 2. The fraction of sp³-hybridized carbons (Fsp3) is 0.138. The quantitative estimate of drug-likeness (QED) is 0.166. The van der Waals surface area contributed by atoms with Crippen molar-refractivity contribution in [3.05, 3.63) is 111 Å². The lowest BCUT2D eigenvalue weighted by Gasteiger charge is -2.32. The van der Waals surface area contributed by atoms with Gasteiger partial charge in [-0.05, 0) is 82.5 Å². The molecule has 35 heavy (non-hydrogen) atoms. The van der Waals surface area contributed by atoms with E-state index in [0.717, 1.165) is 69.0 Å². The SMILES string of the molecule is [C-]#[N+]c1cc(Cl)ccc1/C(=C(\c1ccc(/C=C/C(=O)O)cc1)c1ccc2scnc2c1)C1CCC1. The number of aromatic nitrogens is 1. The van der Waals surface area contributed by atoms with Gasteiger partial charge in [0.1, 0.15) is 0 Å². The second-order valence-electron chi connectivity index (χ2n) is 8.52. The van der Waals surface area contributed by atoms with Gasteiger partial charge in [0.25, 0.3) is 0 Å². The zero-order valence-corrected chi connectivity index (χ0v) is 20.3. The highest BCUT2D eigenvalue weighted by Crippen LogP contribution is 2.48. The summed E-state index contributed by atoms with van der Waals surface area (Å²) in [6.45, 7) is 7.82. The van der Waals surface area contributed by atoms with Gasteiger partial charge in [0.15, 0.2) is 5.69 Å². The predicted molar refractivity (Wildman–Crippen MR) is 144 cm³/mol. The summed E-state index contributed by atoms with van der Waals surface area (Å²) in [5.41, 5.74) is 9.36. The molecule has 0 bridgehead atoms. The first kappa shape index (κ1) is 23.0. The van der Waals surface area contributed by atoms with Crippen molar-refractivity contribution in [1.29, 1.82) is 0 Å². The molecule has 1 saturated carbocycles. The lowest BCUT2D eigenvalue weighted by atomic mass is 9.72. The lowest BCUT2D eigenvalue weighted by Crippen LogP contribution is -2.15. The van der Waals surface area contributed by atoms with Crippen LogP contribution < -0.4 is 0 Å². The molecule has 4 nitrogen and oxygen atoms in total. The number of aliphatic carboxylic acids is 1. The molecule has 4 aromatic rings. The lowest BCUT2D eigenvalue weighted by molar-refractivity contribution is -0.131. The second-order valence-corrected chi connectivity index (χ2v) is 9.84. The average molecular weight is 497 g/mol. The van der Waals surface area contributed by atoms with Crippen LogP contribution >= 0.6 is 22.9 Å². The van der Waals surface area contributed by atoms with Crippen molar-refractivity contribution in [3.63, 3.8) is 0 Å². The zero-order valence-electron chi connectivity index (χ0n) is 18.7. The third kappa shape index (κ3) is 4.77. The molecule has 1 heterocycles. The molecule has 0 radical (unpaired) electrons. The van der Waals surface area contributed by atoms with E-state index >= 15 is 0 Å². The average Bonchev–Trinajstić information content (AvgIpc) is 3.30. The minimum atomic E-state index is -0.979. The van der Waals surface area contributed by atoms with Gasteiger partial charge < -0.3 is 5.11 Å².